The molecule has 0 spiro atoms. The highest BCUT2D eigenvalue weighted by Crippen LogP contribution is 2.18. The maximum atomic E-state index is 10.4. The Kier molecular flexibility index (Phi) is 2.18. The normalized spacial score (nSPS) is 9.40. The van der Waals surface area contributed by atoms with Crippen molar-refractivity contribution in [2.45, 2.75) is 6.92 Å². The molecule has 1 rings (SSSR count). The summed E-state index contributed by atoms with van der Waals surface area (Å²) in [7, 11) is 0. The number of anilines is 1. The summed E-state index contributed by atoms with van der Waals surface area (Å²) >= 11 is 6.56. The first-order valence-corrected chi connectivity index (χ1v) is 3.64. The molecule has 1 amide bonds. The fourth-order valence-electron chi connectivity index (χ4n) is 0.406. The van der Waals surface area contributed by atoms with Crippen LogP contribution in [-0.4, -0.2) is 16.1 Å². The van der Waals surface area contributed by atoms with E-state index < -0.39 is 0 Å². The fraction of sp³-hybridized carbons (Fsp3) is 0.250. The molecule has 0 radical (unpaired) electrons. The van der Waals surface area contributed by atoms with Crippen molar-refractivity contribution in [2.75, 3.05) is 5.32 Å². The molecule has 1 heterocycles. The van der Waals surface area contributed by atoms with E-state index in [0.29, 0.717) is 9.60 Å². The SMILES string of the molecule is CC(=O)Nc1nnc(Cl)s1. The Balaban J connectivity index is 2.67. The van der Waals surface area contributed by atoms with Gasteiger partial charge in [-0.05, 0) is 11.6 Å². The largest absolute Gasteiger partial charge is 0.301 e. The van der Waals surface area contributed by atoms with E-state index in [1.807, 2.05) is 0 Å². The molecule has 0 aromatic carbocycles. The Labute approximate surface area is 66.2 Å². The van der Waals surface area contributed by atoms with E-state index >= 15 is 0 Å². The highest BCUT2D eigenvalue weighted by molar-refractivity contribution is 7.19. The van der Waals surface area contributed by atoms with Gasteiger partial charge in [0.25, 0.3) is 0 Å². The zero-order valence-corrected chi connectivity index (χ0v) is 6.66. The Morgan fingerprint density at radius 3 is 2.80 bits per heavy atom. The second-order valence-corrected chi connectivity index (χ2v) is 3.10. The lowest BCUT2D eigenvalue weighted by Gasteiger charge is -1.89. The number of aromatic nitrogens is 2. The molecular weight excluding hydrogens is 174 g/mol. The number of carbonyl (C=O) groups excluding carboxylic acids is 1. The summed E-state index contributed by atoms with van der Waals surface area (Å²) in [6, 6.07) is 0. The van der Waals surface area contributed by atoms with Crippen molar-refractivity contribution in [3.05, 3.63) is 4.47 Å². The van der Waals surface area contributed by atoms with Crippen molar-refractivity contribution < 1.29 is 4.79 Å². The topological polar surface area (TPSA) is 54.9 Å². The first-order valence-electron chi connectivity index (χ1n) is 2.45. The van der Waals surface area contributed by atoms with Crippen LogP contribution in [0.5, 0.6) is 0 Å². The molecule has 4 nitrogen and oxygen atoms in total. The molecule has 54 valence electrons. The van der Waals surface area contributed by atoms with Crippen LogP contribution < -0.4 is 5.32 Å². The molecule has 0 fully saturated rings. The average Bonchev–Trinajstić information content (AvgIpc) is 2.13. The van der Waals surface area contributed by atoms with Gasteiger partial charge in [-0.15, -0.1) is 10.2 Å². The predicted molar refractivity (Wildman–Crippen MR) is 39.2 cm³/mol. The lowest BCUT2D eigenvalue weighted by atomic mass is 10.7. The summed E-state index contributed by atoms with van der Waals surface area (Å²) in [6.45, 7) is 1.40. The number of hydrogen-bond acceptors (Lipinski definition) is 4. The van der Waals surface area contributed by atoms with Gasteiger partial charge in [-0.25, -0.2) is 0 Å². The second kappa shape index (κ2) is 2.94. The van der Waals surface area contributed by atoms with Crippen LogP contribution in [0.1, 0.15) is 6.92 Å². The van der Waals surface area contributed by atoms with Crippen LogP contribution in [0.3, 0.4) is 0 Å². The van der Waals surface area contributed by atoms with Gasteiger partial charge in [0.05, 0.1) is 0 Å². The van der Waals surface area contributed by atoms with E-state index in [9.17, 15) is 4.79 Å². The predicted octanol–water partition coefficient (Wildman–Crippen LogP) is 1.15. The van der Waals surface area contributed by atoms with Crippen LogP contribution in [-0.2, 0) is 4.79 Å². The van der Waals surface area contributed by atoms with Crippen LogP contribution in [0.15, 0.2) is 0 Å². The minimum Gasteiger partial charge on any atom is -0.301 e. The van der Waals surface area contributed by atoms with Gasteiger partial charge in [0.1, 0.15) is 0 Å². The molecule has 0 aliphatic rings. The zero-order chi connectivity index (χ0) is 7.56. The van der Waals surface area contributed by atoms with Gasteiger partial charge in [-0.3, -0.25) is 4.79 Å². The minimum absolute atomic E-state index is 0.173. The van der Waals surface area contributed by atoms with E-state index in [1.54, 1.807) is 0 Å². The lowest BCUT2D eigenvalue weighted by molar-refractivity contribution is -0.114. The highest BCUT2D eigenvalue weighted by atomic mass is 35.5. The maximum Gasteiger partial charge on any atom is 0.223 e. The quantitative estimate of drug-likeness (QED) is 0.700. The number of carbonyl (C=O) groups is 1. The summed E-state index contributed by atoms with van der Waals surface area (Å²) in [6.07, 6.45) is 0. The molecule has 1 N–H and O–H groups in total. The van der Waals surface area contributed by atoms with E-state index in [0.717, 1.165) is 11.3 Å². The van der Waals surface area contributed by atoms with Crippen molar-refractivity contribution >= 4 is 34.0 Å². The van der Waals surface area contributed by atoms with Gasteiger partial charge in [0.2, 0.25) is 15.5 Å². The van der Waals surface area contributed by atoms with Crippen LogP contribution in [0.4, 0.5) is 5.13 Å². The molecule has 0 aliphatic heterocycles. The standard InChI is InChI=1S/C4H4ClN3OS/c1-2(9)6-4-8-7-3(5)10-4/h1H3,(H,6,8,9). The van der Waals surface area contributed by atoms with Crippen LogP contribution in [0, 0.1) is 0 Å². The van der Waals surface area contributed by atoms with Gasteiger partial charge in [0.15, 0.2) is 0 Å². The summed E-state index contributed by atoms with van der Waals surface area (Å²) in [5.41, 5.74) is 0. The first kappa shape index (κ1) is 7.43. The van der Waals surface area contributed by atoms with E-state index in [1.165, 1.54) is 6.92 Å². The molecule has 0 unspecified atom stereocenters. The van der Waals surface area contributed by atoms with Crippen molar-refractivity contribution in [1.82, 2.24) is 10.2 Å². The molecule has 0 aliphatic carbocycles. The zero-order valence-electron chi connectivity index (χ0n) is 5.09. The van der Waals surface area contributed by atoms with Crippen molar-refractivity contribution in [1.29, 1.82) is 0 Å². The molecule has 1 aromatic rings. The first-order chi connectivity index (χ1) is 4.68. The number of amides is 1. The van der Waals surface area contributed by atoms with Gasteiger partial charge in [-0.1, -0.05) is 11.3 Å². The van der Waals surface area contributed by atoms with Gasteiger partial charge >= 0.3 is 0 Å². The number of rotatable bonds is 1. The number of hydrogen-bond donors (Lipinski definition) is 1. The van der Waals surface area contributed by atoms with Gasteiger partial charge < -0.3 is 5.32 Å². The highest BCUT2D eigenvalue weighted by Gasteiger charge is 2.01. The molecule has 0 saturated carbocycles. The summed E-state index contributed by atoms with van der Waals surface area (Å²) in [4.78, 5) is 10.4. The Morgan fingerprint density at radius 2 is 2.40 bits per heavy atom. The third-order valence-electron chi connectivity index (χ3n) is 0.683. The Hall–Kier alpha value is -0.680. The summed E-state index contributed by atoms with van der Waals surface area (Å²) in [5.74, 6) is -0.173. The van der Waals surface area contributed by atoms with E-state index in [2.05, 4.69) is 15.5 Å². The van der Waals surface area contributed by atoms with E-state index in [-0.39, 0.29) is 5.91 Å². The minimum atomic E-state index is -0.173. The molecule has 1 aromatic heterocycles. The molecule has 0 atom stereocenters. The van der Waals surface area contributed by atoms with Crippen LogP contribution in [0.2, 0.25) is 4.47 Å². The second-order valence-electron chi connectivity index (χ2n) is 1.54. The van der Waals surface area contributed by atoms with Gasteiger partial charge in [-0.2, -0.15) is 0 Å². The van der Waals surface area contributed by atoms with E-state index in [4.69, 9.17) is 11.6 Å². The number of nitrogens with zero attached hydrogens (tertiary/aromatic N) is 2. The molecule has 0 bridgehead atoms. The average molecular weight is 178 g/mol. The maximum absolute atomic E-state index is 10.4. The van der Waals surface area contributed by atoms with Gasteiger partial charge in [0, 0.05) is 6.92 Å². The van der Waals surface area contributed by atoms with Crippen LogP contribution in [0.25, 0.3) is 0 Å². The Bertz CT molecular complexity index is 248. The molecule has 0 saturated heterocycles. The Morgan fingerprint density at radius 1 is 1.70 bits per heavy atom. The molecule has 10 heavy (non-hydrogen) atoms. The van der Waals surface area contributed by atoms with Crippen molar-refractivity contribution in [3.63, 3.8) is 0 Å². The third-order valence-corrected chi connectivity index (χ3v) is 1.62. The molecular formula is C4H4ClN3OS. The van der Waals surface area contributed by atoms with Crippen LogP contribution >= 0.6 is 22.9 Å². The fourth-order valence-corrected chi connectivity index (χ4v) is 1.18. The number of nitrogens with one attached hydrogen (secondary N) is 1. The monoisotopic (exact) mass is 177 g/mol. The lowest BCUT2D eigenvalue weighted by Crippen LogP contribution is -2.04. The summed E-state index contributed by atoms with van der Waals surface area (Å²) < 4.78 is 0.323. The van der Waals surface area contributed by atoms with Crippen molar-refractivity contribution in [3.8, 4) is 0 Å². The van der Waals surface area contributed by atoms with Crippen molar-refractivity contribution in [2.24, 2.45) is 0 Å². The molecule has 6 heteroatoms. The third kappa shape index (κ3) is 1.93. The number of halogens is 1. The smallest absolute Gasteiger partial charge is 0.223 e. The summed E-state index contributed by atoms with van der Waals surface area (Å²) in [5, 5.41) is 9.92.